The number of halogens is 3. The Hall–Kier alpha value is -0.250. The molecule has 1 atom stereocenters. The van der Waals surface area contributed by atoms with E-state index in [1.165, 1.54) is 0 Å². The second-order valence-electron chi connectivity index (χ2n) is 2.78. The Morgan fingerprint density at radius 3 is 2.30 bits per heavy atom. The molecule has 60 valence electrons. The highest BCUT2D eigenvalue weighted by molar-refractivity contribution is 4.90. The van der Waals surface area contributed by atoms with Gasteiger partial charge < -0.3 is 5.73 Å². The molecule has 1 rings (SSSR count). The van der Waals surface area contributed by atoms with Gasteiger partial charge in [-0.15, -0.1) is 0 Å². The Morgan fingerprint density at radius 2 is 2.00 bits per heavy atom. The number of alkyl halides is 3. The minimum absolute atomic E-state index is 0.138. The lowest BCUT2D eigenvalue weighted by Crippen LogP contribution is -2.42. The maximum Gasteiger partial charge on any atom is 0.248 e. The van der Waals surface area contributed by atoms with Crippen molar-refractivity contribution in [2.75, 3.05) is 6.54 Å². The van der Waals surface area contributed by atoms with E-state index in [2.05, 4.69) is 0 Å². The van der Waals surface area contributed by atoms with Gasteiger partial charge in [-0.25, -0.2) is 13.2 Å². The van der Waals surface area contributed by atoms with Crippen LogP contribution < -0.4 is 5.73 Å². The van der Waals surface area contributed by atoms with Gasteiger partial charge in [-0.05, 0) is 0 Å². The quantitative estimate of drug-likeness (QED) is 0.636. The second kappa shape index (κ2) is 2.42. The molecule has 1 fully saturated rings. The van der Waals surface area contributed by atoms with Crippen molar-refractivity contribution in [3.05, 3.63) is 0 Å². The number of hydrogen-bond donors (Lipinski definition) is 1. The molecule has 2 N–H and O–H groups in total. The van der Waals surface area contributed by atoms with Crippen LogP contribution in [0.4, 0.5) is 13.2 Å². The third-order valence-corrected chi connectivity index (χ3v) is 1.86. The van der Waals surface area contributed by atoms with Crippen LogP contribution in [0.5, 0.6) is 0 Å². The molecular weight excluding hydrogens is 143 g/mol. The maximum absolute atomic E-state index is 12.5. The van der Waals surface area contributed by atoms with Gasteiger partial charge in [0.1, 0.15) is 6.17 Å². The van der Waals surface area contributed by atoms with Gasteiger partial charge in [0.25, 0.3) is 0 Å². The molecule has 1 unspecified atom stereocenters. The van der Waals surface area contributed by atoms with Crippen molar-refractivity contribution in [2.24, 2.45) is 11.7 Å². The van der Waals surface area contributed by atoms with Crippen LogP contribution in [0.15, 0.2) is 0 Å². The van der Waals surface area contributed by atoms with Gasteiger partial charge in [-0.1, -0.05) is 0 Å². The maximum atomic E-state index is 12.5. The molecule has 10 heavy (non-hydrogen) atoms. The van der Waals surface area contributed by atoms with Gasteiger partial charge in [-0.3, -0.25) is 0 Å². The Bertz CT molecular complexity index is 118. The number of rotatable bonds is 2. The van der Waals surface area contributed by atoms with Gasteiger partial charge in [0.15, 0.2) is 0 Å². The first-order valence-electron chi connectivity index (χ1n) is 3.27. The highest BCUT2D eigenvalue weighted by Crippen LogP contribution is 2.44. The topological polar surface area (TPSA) is 26.0 Å². The Kier molecular flexibility index (Phi) is 1.90. The third-order valence-electron chi connectivity index (χ3n) is 1.86. The van der Waals surface area contributed by atoms with E-state index in [0.29, 0.717) is 0 Å². The fourth-order valence-electron chi connectivity index (χ4n) is 1.16. The first-order chi connectivity index (χ1) is 4.55. The molecule has 4 heteroatoms. The predicted molar refractivity (Wildman–Crippen MR) is 31.6 cm³/mol. The predicted octanol–water partition coefficient (Wildman–Crippen LogP) is 1.33. The molecule has 0 radical (unpaired) electrons. The van der Waals surface area contributed by atoms with Gasteiger partial charge in [0, 0.05) is 25.3 Å². The van der Waals surface area contributed by atoms with Crippen molar-refractivity contribution in [3.8, 4) is 0 Å². The van der Waals surface area contributed by atoms with E-state index in [1.807, 2.05) is 0 Å². The molecule has 0 spiro atoms. The molecule has 1 aliphatic rings. The zero-order valence-corrected chi connectivity index (χ0v) is 5.49. The smallest absolute Gasteiger partial charge is 0.248 e. The van der Waals surface area contributed by atoms with Gasteiger partial charge in [0.2, 0.25) is 5.92 Å². The summed E-state index contributed by atoms with van der Waals surface area (Å²) in [4.78, 5) is 0. The zero-order chi connectivity index (χ0) is 7.78. The summed E-state index contributed by atoms with van der Waals surface area (Å²) in [6, 6.07) is 0. The van der Waals surface area contributed by atoms with Gasteiger partial charge in [-0.2, -0.15) is 0 Å². The van der Waals surface area contributed by atoms with E-state index >= 15 is 0 Å². The van der Waals surface area contributed by atoms with Crippen molar-refractivity contribution < 1.29 is 13.2 Å². The summed E-state index contributed by atoms with van der Waals surface area (Å²) in [6.45, 7) is -0.138. The van der Waals surface area contributed by atoms with Crippen LogP contribution >= 0.6 is 0 Å². The monoisotopic (exact) mass is 153 g/mol. The number of nitrogens with two attached hydrogens (primary N) is 1. The van der Waals surface area contributed by atoms with Crippen molar-refractivity contribution in [1.82, 2.24) is 0 Å². The SMILES string of the molecule is NCC(F)C1CC(F)(F)C1. The normalized spacial score (nSPS) is 27.6. The van der Waals surface area contributed by atoms with Crippen LogP contribution in [0.1, 0.15) is 12.8 Å². The average molecular weight is 153 g/mol. The molecule has 1 aliphatic carbocycles. The summed E-state index contributed by atoms with van der Waals surface area (Å²) in [7, 11) is 0. The average Bonchev–Trinajstić information content (AvgIpc) is 1.81. The molecular formula is C6H10F3N. The van der Waals surface area contributed by atoms with E-state index < -0.39 is 18.0 Å². The molecule has 0 aromatic carbocycles. The van der Waals surface area contributed by atoms with Crippen molar-refractivity contribution in [2.45, 2.75) is 24.9 Å². The first kappa shape index (κ1) is 7.85. The van der Waals surface area contributed by atoms with Crippen LogP contribution in [-0.2, 0) is 0 Å². The van der Waals surface area contributed by atoms with Crippen molar-refractivity contribution >= 4 is 0 Å². The summed E-state index contributed by atoms with van der Waals surface area (Å²) in [5.74, 6) is -3.12. The third kappa shape index (κ3) is 1.42. The van der Waals surface area contributed by atoms with Crippen molar-refractivity contribution in [3.63, 3.8) is 0 Å². The van der Waals surface area contributed by atoms with E-state index in [4.69, 9.17) is 5.73 Å². The molecule has 1 nitrogen and oxygen atoms in total. The molecule has 0 aromatic heterocycles. The van der Waals surface area contributed by atoms with E-state index in [9.17, 15) is 13.2 Å². The lowest BCUT2D eigenvalue weighted by Gasteiger charge is -2.36. The van der Waals surface area contributed by atoms with Crippen molar-refractivity contribution in [1.29, 1.82) is 0 Å². The molecule has 1 saturated carbocycles. The Balaban J connectivity index is 2.26. The van der Waals surface area contributed by atoms with Crippen LogP contribution in [0.2, 0.25) is 0 Å². The largest absolute Gasteiger partial charge is 0.328 e. The minimum atomic E-state index is -2.62. The fraction of sp³-hybridized carbons (Fsp3) is 1.00. The highest BCUT2D eigenvalue weighted by atomic mass is 19.3. The lowest BCUT2D eigenvalue weighted by molar-refractivity contribution is -0.127. The van der Waals surface area contributed by atoms with E-state index in [-0.39, 0.29) is 19.4 Å². The zero-order valence-electron chi connectivity index (χ0n) is 5.49. The summed E-state index contributed by atoms with van der Waals surface area (Å²) in [5, 5.41) is 0. The first-order valence-corrected chi connectivity index (χ1v) is 3.27. The van der Waals surface area contributed by atoms with Gasteiger partial charge >= 0.3 is 0 Å². The Labute approximate surface area is 57.4 Å². The van der Waals surface area contributed by atoms with E-state index in [0.717, 1.165) is 0 Å². The van der Waals surface area contributed by atoms with Gasteiger partial charge in [0.05, 0.1) is 0 Å². The molecule has 0 amide bonds. The summed E-state index contributed by atoms with van der Waals surface area (Å²) in [5.41, 5.74) is 4.95. The van der Waals surface area contributed by atoms with Crippen LogP contribution in [-0.4, -0.2) is 18.6 Å². The molecule has 0 bridgehead atoms. The van der Waals surface area contributed by atoms with Crippen LogP contribution in [0, 0.1) is 5.92 Å². The minimum Gasteiger partial charge on any atom is -0.328 e. The summed E-state index contributed by atoms with van der Waals surface area (Å²) < 4.78 is 36.6. The highest BCUT2D eigenvalue weighted by Gasteiger charge is 2.48. The fourth-order valence-corrected chi connectivity index (χ4v) is 1.16. The molecule has 0 heterocycles. The van der Waals surface area contributed by atoms with Crippen LogP contribution in [0.3, 0.4) is 0 Å². The Morgan fingerprint density at radius 1 is 1.50 bits per heavy atom. The molecule has 0 saturated heterocycles. The number of hydrogen-bond acceptors (Lipinski definition) is 1. The lowest BCUT2D eigenvalue weighted by atomic mass is 9.78. The molecule has 0 aliphatic heterocycles. The van der Waals surface area contributed by atoms with E-state index in [1.54, 1.807) is 0 Å². The second-order valence-corrected chi connectivity index (χ2v) is 2.78. The molecule has 0 aromatic rings. The summed E-state index contributed by atoms with van der Waals surface area (Å²) in [6.07, 6.45) is -1.89. The standard InChI is InChI=1S/C6H10F3N/c7-5(3-10)4-1-6(8,9)2-4/h4-5H,1-3,10H2. The van der Waals surface area contributed by atoms with Crippen LogP contribution in [0.25, 0.3) is 0 Å². The summed E-state index contributed by atoms with van der Waals surface area (Å²) >= 11 is 0.